The normalized spacial score (nSPS) is 10.2. The molecule has 5 heteroatoms. The highest BCUT2D eigenvalue weighted by Crippen LogP contribution is 2.20. The van der Waals surface area contributed by atoms with Gasteiger partial charge in [-0.25, -0.2) is 4.39 Å². The van der Waals surface area contributed by atoms with E-state index in [-0.39, 0.29) is 16.6 Å². The lowest BCUT2D eigenvalue weighted by atomic mass is 10.2. The second-order valence-electron chi connectivity index (χ2n) is 4.58. The predicted octanol–water partition coefficient (Wildman–Crippen LogP) is 4.55. The third-order valence-electron chi connectivity index (χ3n) is 2.91. The highest BCUT2D eigenvalue weighted by Gasteiger charge is 2.09. The standard InChI is InChI=1S/C16H16ClFN2O/c1-2-9-19-13-6-3-11(4-7-13)16(21)20-15-8-5-12(17)10-14(15)18/h3-8,10,19H,2,9H2,1H3,(H,20,21). The Labute approximate surface area is 128 Å². The van der Waals surface area contributed by atoms with Gasteiger partial charge in [0, 0.05) is 22.8 Å². The number of nitrogens with one attached hydrogen (secondary N) is 2. The van der Waals surface area contributed by atoms with Gasteiger partial charge in [0.15, 0.2) is 0 Å². The summed E-state index contributed by atoms with van der Waals surface area (Å²) in [6.07, 6.45) is 1.03. The van der Waals surface area contributed by atoms with Crippen LogP contribution in [0.25, 0.3) is 0 Å². The summed E-state index contributed by atoms with van der Waals surface area (Å²) in [6.45, 7) is 2.96. The third-order valence-corrected chi connectivity index (χ3v) is 3.14. The SMILES string of the molecule is CCCNc1ccc(C(=O)Nc2ccc(Cl)cc2F)cc1. The average molecular weight is 307 g/mol. The molecule has 21 heavy (non-hydrogen) atoms. The first kappa shape index (κ1) is 15.3. The summed E-state index contributed by atoms with van der Waals surface area (Å²) >= 11 is 5.67. The van der Waals surface area contributed by atoms with E-state index in [0.717, 1.165) is 24.7 Å². The fourth-order valence-electron chi connectivity index (χ4n) is 1.79. The van der Waals surface area contributed by atoms with Crippen LogP contribution in [0.3, 0.4) is 0 Å². The minimum Gasteiger partial charge on any atom is -0.385 e. The molecule has 0 fully saturated rings. The first-order chi connectivity index (χ1) is 10.1. The van der Waals surface area contributed by atoms with Crippen LogP contribution in [0.1, 0.15) is 23.7 Å². The maximum atomic E-state index is 13.6. The predicted molar refractivity (Wildman–Crippen MR) is 84.6 cm³/mol. The number of hydrogen-bond donors (Lipinski definition) is 2. The van der Waals surface area contributed by atoms with E-state index in [0.29, 0.717) is 5.56 Å². The number of carbonyl (C=O) groups excluding carboxylic acids is 1. The molecule has 0 spiro atoms. The van der Waals surface area contributed by atoms with Crippen molar-refractivity contribution in [3.8, 4) is 0 Å². The second kappa shape index (κ2) is 7.09. The molecule has 0 aromatic heterocycles. The number of amides is 1. The highest BCUT2D eigenvalue weighted by atomic mass is 35.5. The van der Waals surface area contributed by atoms with Crippen LogP contribution in [-0.2, 0) is 0 Å². The molecule has 0 aliphatic carbocycles. The first-order valence-electron chi connectivity index (χ1n) is 6.70. The summed E-state index contributed by atoms with van der Waals surface area (Å²) in [5.41, 5.74) is 1.52. The maximum absolute atomic E-state index is 13.6. The van der Waals surface area contributed by atoms with Crippen molar-refractivity contribution >= 4 is 28.9 Å². The Morgan fingerprint density at radius 1 is 1.19 bits per heavy atom. The number of hydrogen-bond acceptors (Lipinski definition) is 2. The summed E-state index contributed by atoms with van der Waals surface area (Å²) in [5, 5.41) is 6.03. The van der Waals surface area contributed by atoms with Crippen molar-refractivity contribution in [1.29, 1.82) is 0 Å². The summed E-state index contributed by atoms with van der Waals surface area (Å²) in [5.74, 6) is -0.921. The van der Waals surface area contributed by atoms with Gasteiger partial charge in [0.25, 0.3) is 5.91 Å². The van der Waals surface area contributed by atoms with Gasteiger partial charge in [-0.2, -0.15) is 0 Å². The van der Waals surface area contributed by atoms with Gasteiger partial charge in [-0.1, -0.05) is 18.5 Å². The van der Waals surface area contributed by atoms with E-state index in [2.05, 4.69) is 17.6 Å². The van der Waals surface area contributed by atoms with Gasteiger partial charge < -0.3 is 10.6 Å². The summed E-state index contributed by atoms with van der Waals surface area (Å²) in [4.78, 5) is 12.0. The summed E-state index contributed by atoms with van der Waals surface area (Å²) in [6, 6.07) is 11.2. The lowest BCUT2D eigenvalue weighted by Gasteiger charge is -2.08. The zero-order chi connectivity index (χ0) is 15.2. The van der Waals surface area contributed by atoms with Gasteiger partial charge in [0.1, 0.15) is 5.82 Å². The van der Waals surface area contributed by atoms with Gasteiger partial charge in [-0.3, -0.25) is 4.79 Å². The largest absolute Gasteiger partial charge is 0.385 e. The van der Waals surface area contributed by atoms with Crippen molar-refractivity contribution in [2.45, 2.75) is 13.3 Å². The van der Waals surface area contributed by atoms with Crippen molar-refractivity contribution in [2.75, 3.05) is 17.2 Å². The van der Waals surface area contributed by atoms with Crippen LogP contribution in [0, 0.1) is 5.82 Å². The van der Waals surface area contributed by atoms with Crippen LogP contribution < -0.4 is 10.6 Å². The van der Waals surface area contributed by atoms with Crippen LogP contribution in [0.15, 0.2) is 42.5 Å². The summed E-state index contributed by atoms with van der Waals surface area (Å²) < 4.78 is 13.6. The number of anilines is 2. The molecule has 2 aromatic carbocycles. The molecule has 0 radical (unpaired) electrons. The van der Waals surface area contributed by atoms with Gasteiger partial charge in [0.2, 0.25) is 0 Å². The Hall–Kier alpha value is -2.07. The fraction of sp³-hybridized carbons (Fsp3) is 0.188. The zero-order valence-corrected chi connectivity index (χ0v) is 12.4. The van der Waals surface area contributed by atoms with E-state index in [4.69, 9.17) is 11.6 Å². The smallest absolute Gasteiger partial charge is 0.255 e. The van der Waals surface area contributed by atoms with Gasteiger partial charge in [-0.05, 0) is 48.9 Å². The molecular weight excluding hydrogens is 291 g/mol. The zero-order valence-electron chi connectivity index (χ0n) is 11.6. The Morgan fingerprint density at radius 3 is 2.52 bits per heavy atom. The van der Waals surface area contributed by atoms with Crippen LogP contribution in [0.4, 0.5) is 15.8 Å². The Kier molecular flexibility index (Phi) is 5.17. The van der Waals surface area contributed by atoms with Crippen LogP contribution in [0.2, 0.25) is 5.02 Å². The van der Waals surface area contributed by atoms with Gasteiger partial charge >= 0.3 is 0 Å². The Morgan fingerprint density at radius 2 is 1.90 bits per heavy atom. The first-order valence-corrected chi connectivity index (χ1v) is 7.08. The lowest BCUT2D eigenvalue weighted by molar-refractivity contribution is 0.102. The molecule has 0 bridgehead atoms. The van der Waals surface area contributed by atoms with E-state index < -0.39 is 5.82 Å². The van der Waals surface area contributed by atoms with E-state index in [1.165, 1.54) is 12.1 Å². The molecule has 0 saturated heterocycles. The minimum atomic E-state index is -0.558. The molecule has 0 aliphatic rings. The second-order valence-corrected chi connectivity index (χ2v) is 5.02. The topological polar surface area (TPSA) is 41.1 Å². The average Bonchev–Trinajstić information content (AvgIpc) is 2.48. The Balaban J connectivity index is 2.06. The van der Waals surface area contributed by atoms with Crippen molar-refractivity contribution in [3.05, 3.63) is 58.9 Å². The third kappa shape index (κ3) is 4.20. The van der Waals surface area contributed by atoms with Crippen molar-refractivity contribution in [1.82, 2.24) is 0 Å². The van der Waals surface area contributed by atoms with Crippen LogP contribution in [-0.4, -0.2) is 12.5 Å². The molecule has 2 N–H and O–H groups in total. The van der Waals surface area contributed by atoms with Gasteiger partial charge in [-0.15, -0.1) is 0 Å². The molecule has 0 atom stereocenters. The molecule has 0 saturated carbocycles. The molecule has 1 amide bonds. The van der Waals surface area contributed by atoms with Crippen molar-refractivity contribution < 1.29 is 9.18 Å². The van der Waals surface area contributed by atoms with Gasteiger partial charge in [0.05, 0.1) is 5.69 Å². The minimum absolute atomic E-state index is 0.109. The number of halogens is 2. The molecule has 110 valence electrons. The molecule has 2 rings (SSSR count). The fourth-order valence-corrected chi connectivity index (χ4v) is 1.95. The molecule has 0 heterocycles. The van der Waals surface area contributed by atoms with Crippen molar-refractivity contribution in [2.24, 2.45) is 0 Å². The van der Waals surface area contributed by atoms with Crippen LogP contribution >= 0.6 is 11.6 Å². The highest BCUT2D eigenvalue weighted by molar-refractivity contribution is 6.30. The molecule has 2 aromatic rings. The molecule has 0 unspecified atom stereocenters. The van der Waals surface area contributed by atoms with Crippen LogP contribution in [0.5, 0.6) is 0 Å². The molecule has 3 nitrogen and oxygen atoms in total. The number of rotatable bonds is 5. The number of carbonyl (C=O) groups is 1. The molecule has 0 aliphatic heterocycles. The quantitative estimate of drug-likeness (QED) is 0.850. The lowest BCUT2D eigenvalue weighted by Crippen LogP contribution is -2.13. The summed E-state index contributed by atoms with van der Waals surface area (Å²) in [7, 11) is 0. The monoisotopic (exact) mass is 306 g/mol. The van der Waals surface area contributed by atoms with E-state index >= 15 is 0 Å². The van der Waals surface area contributed by atoms with Crippen molar-refractivity contribution in [3.63, 3.8) is 0 Å². The van der Waals surface area contributed by atoms with E-state index in [1.807, 2.05) is 12.1 Å². The Bertz CT molecular complexity index is 629. The van der Waals surface area contributed by atoms with E-state index in [1.54, 1.807) is 12.1 Å². The van der Waals surface area contributed by atoms with E-state index in [9.17, 15) is 9.18 Å². The maximum Gasteiger partial charge on any atom is 0.255 e. The molecular formula is C16H16ClFN2O. The number of benzene rings is 2.